The highest BCUT2D eigenvalue weighted by Crippen LogP contribution is 2.01. The van der Waals surface area contributed by atoms with Crippen molar-refractivity contribution in [3.05, 3.63) is 0 Å². The highest BCUT2D eigenvalue weighted by atomic mass is 15.6. The zero-order chi connectivity index (χ0) is 6.85. The smallest absolute Gasteiger partial charge is 0.120 e. The van der Waals surface area contributed by atoms with Gasteiger partial charge in [-0.25, -0.2) is 0 Å². The van der Waals surface area contributed by atoms with Crippen molar-refractivity contribution in [3.63, 3.8) is 0 Å². The van der Waals surface area contributed by atoms with E-state index in [-0.39, 0.29) is 0 Å². The fraction of sp³-hybridized carbons (Fsp3) is 0.833. The molecule has 0 fully saturated rings. The fourth-order valence-corrected chi connectivity index (χ4v) is 0.757. The molecular weight excluding hydrogens is 114 g/mol. The normalized spacial score (nSPS) is 18.2. The third-order valence-corrected chi connectivity index (χ3v) is 1.37. The molecule has 52 valence electrons. The molecule has 3 nitrogen and oxygen atoms in total. The first-order chi connectivity index (χ1) is 4.20. The largest absolute Gasteiger partial charge is 0.354 e. The molecule has 0 bridgehead atoms. The van der Waals surface area contributed by atoms with Crippen LogP contribution in [-0.4, -0.2) is 23.6 Å². The molecular formula is C6H13N3. The van der Waals surface area contributed by atoms with Crippen LogP contribution < -0.4 is 5.32 Å². The van der Waals surface area contributed by atoms with E-state index in [4.69, 9.17) is 0 Å². The second-order valence-corrected chi connectivity index (χ2v) is 2.55. The van der Waals surface area contributed by atoms with Gasteiger partial charge >= 0.3 is 0 Å². The second-order valence-electron chi connectivity index (χ2n) is 2.55. The van der Waals surface area contributed by atoms with Gasteiger partial charge in [0.25, 0.3) is 0 Å². The molecule has 0 aromatic heterocycles. The van der Waals surface area contributed by atoms with Gasteiger partial charge in [0.1, 0.15) is 12.5 Å². The lowest BCUT2D eigenvalue weighted by atomic mass is 10.4. The van der Waals surface area contributed by atoms with Gasteiger partial charge in [-0.05, 0) is 20.8 Å². The maximum Gasteiger partial charge on any atom is 0.120 e. The summed E-state index contributed by atoms with van der Waals surface area (Å²) in [4.78, 5) is 0. The molecule has 0 radical (unpaired) electrons. The van der Waals surface area contributed by atoms with Gasteiger partial charge in [-0.1, -0.05) is 0 Å². The van der Waals surface area contributed by atoms with E-state index in [0.29, 0.717) is 6.04 Å². The Morgan fingerprint density at radius 2 is 2.33 bits per heavy atom. The molecule has 0 spiro atoms. The van der Waals surface area contributed by atoms with Crippen LogP contribution in [-0.2, 0) is 0 Å². The fourth-order valence-electron chi connectivity index (χ4n) is 0.757. The van der Waals surface area contributed by atoms with Crippen LogP contribution in [0.3, 0.4) is 0 Å². The molecule has 0 atom stereocenters. The van der Waals surface area contributed by atoms with Crippen molar-refractivity contribution in [1.82, 2.24) is 10.3 Å². The van der Waals surface area contributed by atoms with E-state index < -0.39 is 0 Å². The molecule has 1 N–H and O–H groups in total. The summed E-state index contributed by atoms with van der Waals surface area (Å²) in [7, 11) is 0. The lowest BCUT2D eigenvalue weighted by molar-refractivity contribution is 0.249. The Morgan fingerprint density at radius 3 is 2.56 bits per heavy atom. The van der Waals surface area contributed by atoms with Crippen molar-refractivity contribution in [2.75, 3.05) is 6.67 Å². The predicted octanol–water partition coefficient (Wildman–Crippen LogP) is 0.591. The van der Waals surface area contributed by atoms with Crippen molar-refractivity contribution >= 4 is 5.84 Å². The number of nitrogens with one attached hydrogen (secondary N) is 1. The molecule has 1 heterocycles. The Kier molecular flexibility index (Phi) is 1.60. The van der Waals surface area contributed by atoms with E-state index in [1.807, 2.05) is 11.9 Å². The van der Waals surface area contributed by atoms with E-state index in [0.717, 1.165) is 12.5 Å². The van der Waals surface area contributed by atoms with Crippen LogP contribution in [0.4, 0.5) is 0 Å². The molecule has 0 aromatic rings. The third-order valence-electron chi connectivity index (χ3n) is 1.37. The van der Waals surface area contributed by atoms with Gasteiger partial charge in [-0.3, -0.25) is 5.01 Å². The average Bonchev–Trinajstić information content (AvgIpc) is 2.14. The first kappa shape index (κ1) is 6.39. The van der Waals surface area contributed by atoms with Gasteiger partial charge in [0.05, 0.1) is 0 Å². The van der Waals surface area contributed by atoms with Crippen LogP contribution in [0.1, 0.15) is 20.8 Å². The number of rotatable bonds is 1. The molecule has 0 aliphatic carbocycles. The first-order valence-corrected chi connectivity index (χ1v) is 3.26. The van der Waals surface area contributed by atoms with Crippen molar-refractivity contribution in [2.24, 2.45) is 5.10 Å². The van der Waals surface area contributed by atoms with Gasteiger partial charge < -0.3 is 5.32 Å². The molecule has 9 heavy (non-hydrogen) atoms. The number of hydrazone groups is 1. The van der Waals surface area contributed by atoms with E-state index >= 15 is 0 Å². The van der Waals surface area contributed by atoms with E-state index in [9.17, 15) is 0 Å². The zero-order valence-electron chi connectivity index (χ0n) is 6.18. The van der Waals surface area contributed by atoms with Crippen LogP contribution in [0.15, 0.2) is 5.10 Å². The van der Waals surface area contributed by atoms with Gasteiger partial charge in [0.15, 0.2) is 0 Å². The Balaban J connectivity index is 2.47. The maximum atomic E-state index is 4.23. The van der Waals surface area contributed by atoms with Crippen molar-refractivity contribution < 1.29 is 0 Å². The van der Waals surface area contributed by atoms with Gasteiger partial charge in [-0.2, -0.15) is 5.10 Å². The van der Waals surface area contributed by atoms with Gasteiger partial charge in [0.2, 0.25) is 0 Å². The number of nitrogens with zero attached hydrogens (tertiary/aromatic N) is 2. The minimum Gasteiger partial charge on any atom is -0.354 e. The summed E-state index contributed by atoms with van der Waals surface area (Å²) < 4.78 is 0. The summed E-state index contributed by atoms with van der Waals surface area (Å²) in [5.74, 6) is 1.02. The van der Waals surface area contributed by atoms with Crippen LogP contribution in [0.25, 0.3) is 0 Å². The SMILES string of the molecule is CC1=NN(C(C)C)CN1. The monoisotopic (exact) mass is 127 g/mol. The lowest BCUT2D eigenvalue weighted by Gasteiger charge is -2.16. The average molecular weight is 127 g/mol. The van der Waals surface area contributed by atoms with Crippen LogP contribution in [0.2, 0.25) is 0 Å². The minimum atomic E-state index is 0.509. The maximum absolute atomic E-state index is 4.23. The Morgan fingerprint density at radius 1 is 1.67 bits per heavy atom. The molecule has 1 aliphatic rings. The Bertz CT molecular complexity index is 128. The lowest BCUT2D eigenvalue weighted by Crippen LogP contribution is -2.28. The quantitative estimate of drug-likeness (QED) is 0.558. The van der Waals surface area contributed by atoms with Crippen LogP contribution in [0, 0.1) is 0 Å². The predicted molar refractivity (Wildman–Crippen MR) is 38.1 cm³/mol. The van der Waals surface area contributed by atoms with Crippen LogP contribution >= 0.6 is 0 Å². The van der Waals surface area contributed by atoms with E-state index in [1.165, 1.54) is 0 Å². The van der Waals surface area contributed by atoms with Crippen LogP contribution in [0.5, 0.6) is 0 Å². The second kappa shape index (κ2) is 2.25. The molecule has 0 saturated carbocycles. The summed E-state index contributed by atoms with van der Waals surface area (Å²) >= 11 is 0. The van der Waals surface area contributed by atoms with E-state index in [2.05, 4.69) is 24.3 Å². The van der Waals surface area contributed by atoms with Crippen molar-refractivity contribution in [3.8, 4) is 0 Å². The molecule has 0 aromatic carbocycles. The topological polar surface area (TPSA) is 27.6 Å². The number of hydrogen-bond acceptors (Lipinski definition) is 3. The molecule has 0 unspecified atom stereocenters. The summed E-state index contributed by atoms with van der Waals surface area (Å²) in [6, 6.07) is 0.509. The van der Waals surface area contributed by atoms with Gasteiger partial charge in [-0.15, -0.1) is 0 Å². The minimum absolute atomic E-state index is 0.509. The van der Waals surface area contributed by atoms with E-state index in [1.54, 1.807) is 0 Å². The first-order valence-electron chi connectivity index (χ1n) is 3.26. The summed E-state index contributed by atoms with van der Waals surface area (Å²) in [5.41, 5.74) is 0. The molecule has 1 aliphatic heterocycles. The summed E-state index contributed by atoms with van der Waals surface area (Å²) in [5, 5.41) is 9.38. The molecule has 0 amide bonds. The number of hydrogen-bond donors (Lipinski definition) is 1. The number of amidine groups is 1. The van der Waals surface area contributed by atoms with Gasteiger partial charge in [0, 0.05) is 6.04 Å². The molecule has 0 saturated heterocycles. The highest BCUT2D eigenvalue weighted by molar-refractivity contribution is 5.80. The Labute approximate surface area is 55.7 Å². The van der Waals surface area contributed by atoms with Crippen molar-refractivity contribution in [1.29, 1.82) is 0 Å². The Hall–Kier alpha value is -0.730. The third kappa shape index (κ3) is 1.34. The molecule has 1 rings (SSSR count). The summed E-state index contributed by atoms with van der Waals surface area (Å²) in [6.45, 7) is 7.10. The molecule has 3 heteroatoms. The summed E-state index contributed by atoms with van der Waals surface area (Å²) in [6.07, 6.45) is 0. The highest BCUT2D eigenvalue weighted by Gasteiger charge is 2.11. The standard InChI is InChI=1S/C6H13N3/c1-5(2)9-4-7-6(3)8-9/h5H,4H2,1-3H3,(H,7,8). The zero-order valence-corrected chi connectivity index (χ0v) is 6.18. The van der Waals surface area contributed by atoms with Crippen molar-refractivity contribution in [2.45, 2.75) is 26.8 Å².